The molecule has 1 amide bonds. The molecule has 0 N–H and O–H groups in total. The fourth-order valence-electron chi connectivity index (χ4n) is 2.58. The first kappa shape index (κ1) is 22.5. The zero-order valence-electron chi connectivity index (χ0n) is 17.0. The molecular weight excluding hydrogens is 384 g/mol. The first-order chi connectivity index (χ1) is 14.5. The highest BCUT2D eigenvalue weighted by molar-refractivity contribution is 5.78. The van der Waals surface area contributed by atoms with E-state index >= 15 is 0 Å². The number of hydrogen-bond acceptors (Lipinski definition) is 6. The summed E-state index contributed by atoms with van der Waals surface area (Å²) in [5, 5.41) is 9.52. The van der Waals surface area contributed by atoms with Gasteiger partial charge in [0.15, 0.2) is 0 Å². The minimum atomic E-state index is -0.726. The predicted molar refractivity (Wildman–Crippen MR) is 110 cm³/mol. The Morgan fingerprint density at radius 3 is 2.50 bits per heavy atom. The number of esters is 1. The number of carbonyl (C=O) groups excluding carboxylic acids is 2. The van der Waals surface area contributed by atoms with Crippen LogP contribution in [0, 0.1) is 11.3 Å². The van der Waals surface area contributed by atoms with E-state index in [1.165, 1.54) is 13.3 Å². The second-order valence-corrected chi connectivity index (χ2v) is 6.27. The van der Waals surface area contributed by atoms with Gasteiger partial charge in [-0.25, -0.2) is 4.79 Å². The van der Waals surface area contributed by atoms with Gasteiger partial charge in [-0.3, -0.25) is 9.69 Å². The number of nitrogens with zero attached hydrogens (tertiary/aromatic N) is 2. The van der Waals surface area contributed by atoms with Gasteiger partial charge in [-0.2, -0.15) is 5.26 Å². The third-order valence-electron chi connectivity index (χ3n) is 4.03. The SMILES string of the molecule is CCOC(=O)N(/C=C(/C#N)Cc1cccc(OCc2ccccc2)c1)CC(=O)OC. The van der Waals surface area contributed by atoms with Crippen molar-refractivity contribution in [1.29, 1.82) is 5.26 Å². The Labute approximate surface area is 176 Å². The number of ether oxygens (including phenoxy) is 3. The zero-order valence-corrected chi connectivity index (χ0v) is 17.0. The van der Waals surface area contributed by atoms with E-state index in [0.717, 1.165) is 16.0 Å². The topological polar surface area (TPSA) is 88.9 Å². The van der Waals surface area contributed by atoms with Crippen LogP contribution in [0.15, 0.2) is 66.4 Å². The van der Waals surface area contributed by atoms with Crippen LogP contribution in [0.2, 0.25) is 0 Å². The Balaban J connectivity index is 2.11. The molecule has 0 unspecified atom stereocenters. The van der Waals surface area contributed by atoms with Gasteiger partial charge in [0.05, 0.1) is 25.4 Å². The molecule has 0 heterocycles. The van der Waals surface area contributed by atoms with Gasteiger partial charge in [-0.1, -0.05) is 42.5 Å². The number of nitriles is 1. The fourth-order valence-corrected chi connectivity index (χ4v) is 2.58. The molecule has 0 atom stereocenters. The summed E-state index contributed by atoms with van der Waals surface area (Å²) in [4.78, 5) is 24.7. The molecule has 0 radical (unpaired) electrons. The van der Waals surface area contributed by atoms with Crippen LogP contribution >= 0.6 is 0 Å². The van der Waals surface area contributed by atoms with Crippen LogP contribution in [-0.4, -0.2) is 37.2 Å². The quantitative estimate of drug-likeness (QED) is 0.463. The number of amides is 1. The highest BCUT2D eigenvalue weighted by Crippen LogP contribution is 2.18. The molecule has 0 aromatic heterocycles. The smallest absolute Gasteiger partial charge is 0.414 e. The maximum Gasteiger partial charge on any atom is 0.414 e. The van der Waals surface area contributed by atoms with E-state index in [-0.39, 0.29) is 25.1 Å². The molecule has 156 valence electrons. The number of benzene rings is 2. The lowest BCUT2D eigenvalue weighted by atomic mass is 10.1. The average Bonchev–Trinajstić information content (AvgIpc) is 2.77. The molecular formula is C23H24N2O5. The number of carbonyl (C=O) groups is 2. The Kier molecular flexibility index (Phi) is 8.94. The van der Waals surface area contributed by atoms with Crippen LogP contribution in [-0.2, 0) is 27.3 Å². The Morgan fingerprint density at radius 2 is 1.83 bits per heavy atom. The van der Waals surface area contributed by atoms with Gasteiger partial charge in [0, 0.05) is 12.6 Å². The van der Waals surface area contributed by atoms with Gasteiger partial charge in [0.2, 0.25) is 0 Å². The zero-order chi connectivity index (χ0) is 21.8. The lowest BCUT2D eigenvalue weighted by Gasteiger charge is -2.17. The van der Waals surface area contributed by atoms with Crippen LogP contribution in [0.25, 0.3) is 0 Å². The monoisotopic (exact) mass is 408 g/mol. The van der Waals surface area contributed by atoms with Crippen molar-refractivity contribution >= 4 is 12.1 Å². The van der Waals surface area contributed by atoms with Crippen molar-refractivity contribution in [3.8, 4) is 11.8 Å². The summed E-state index contributed by atoms with van der Waals surface area (Å²) in [7, 11) is 1.22. The van der Waals surface area contributed by atoms with Gasteiger partial charge in [-0.05, 0) is 30.2 Å². The fraction of sp³-hybridized carbons (Fsp3) is 0.261. The van der Waals surface area contributed by atoms with E-state index in [9.17, 15) is 14.9 Å². The summed E-state index contributed by atoms with van der Waals surface area (Å²) in [5.74, 6) is 0.0540. The summed E-state index contributed by atoms with van der Waals surface area (Å²) < 4.78 is 15.4. The van der Waals surface area contributed by atoms with Gasteiger partial charge < -0.3 is 14.2 Å². The number of hydrogen-bond donors (Lipinski definition) is 0. The maximum absolute atomic E-state index is 12.1. The molecule has 0 fully saturated rings. The highest BCUT2D eigenvalue weighted by Gasteiger charge is 2.18. The molecule has 0 saturated carbocycles. The molecule has 7 heteroatoms. The van der Waals surface area contributed by atoms with Crippen molar-refractivity contribution in [3.05, 3.63) is 77.5 Å². The summed E-state index contributed by atoms with van der Waals surface area (Å²) in [6.45, 7) is 1.89. The number of allylic oxidation sites excluding steroid dienone is 1. The largest absolute Gasteiger partial charge is 0.489 e. The van der Waals surface area contributed by atoms with Crippen LogP contribution in [0.1, 0.15) is 18.1 Å². The van der Waals surface area contributed by atoms with E-state index < -0.39 is 12.1 Å². The third kappa shape index (κ3) is 7.32. The Bertz CT molecular complexity index is 919. The lowest BCUT2D eigenvalue weighted by Crippen LogP contribution is -2.32. The van der Waals surface area contributed by atoms with E-state index in [0.29, 0.717) is 12.4 Å². The van der Waals surface area contributed by atoms with Crippen molar-refractivity contribution in [3.63, 3.8) is 0 Å². The molecule has 0 saturated heterocycles. The Morgan fingerprint density at radius 1 is 1.10 bits per heavy atom. The van der Waals surface area contributed by atoms with Gasteiger partial charge in [0.25, 0.3) is 0 Å². The number of methoxy groups -OCH3 is 1. The average molecular weight is 408 g/mol. The van der Waals surface area contributed by atoms with Crippen LogP contribution < -0.4 is 4.74 Å². The van der Waals surface area contributed by atoms with Crippen LogP contribution in [0.4, 0.5) is 4.79 Å². The minimum Gasteiger partial charge on any atom is -0.489 e. The molecule has 2 aromatic carbocycles. The maximum atomic E-state index is 12.1. The van der Waals surface area contributed by atoms with Crippen molar-refractivity contribution in [2.75, 3.05) is 20.3 Å². The summed E-state index contributed by atoms with van der Waals surface area (Å²) in [6, 6.07) is 19.2. The van der Waals surface area contributed by atoms with Gasteiger partial charge >= 0.3 is 12.1 Å². The van der Waals surface area contributed by atoms with Gasteiger partial charge in [0.1, 0.15) is 18.9 Å². The number of rotatable bonds is 9. The third-order valence-corrected chi connectivity index (χ3v) is 4.03. The summed E-state index contributed by atoms with van der Waals surface area (Å²) in [6.07, 6.45) is 0.846. The second-order valence-electron chi connectivity index (χ2n) is 6.27. The minimum absolute atomic E-state index is 0.146. The molecule has 0 spiro atoms. The molecule has 7 nitrogen and oxygen atoms in total. The van der Waals surface area contributed by atoms with E-state index in [4.69, 9.17) is 9.47 Å². The van der Waals surface area contributed by atoms with E-state index in [2.05, 4.69) is 10.8 Å². The normalized spacial score (nSPS) is 10.6. The molecule has 0 bridgehead atoms. The molecule has 2 aromatic rings. The first-order valence-electron chi connectivity index (χ1n) is 9.42. The van der Waals surface area contributed by atoms with E-state index in [1.54, 1.807) is 6.92 Å². The van der Waals surface area contributed by atoms with E-state index in [1.807, 2.05) is 54.6 Å². The standard InChI is InChI=1S/C23H24N2O5/c1-3-29-23(27)25(16-22(26)28-2)15-20(14-24)12-19-10-7-11-21(13-19)30-17-18-8-5-4-6-9-18/h4-11,13,15H,3,12,16-17H2,1-2H3/b20-15+. The first-order valence-corrected chi connectivity index (χ1v) is 9.42. The molecule has 2 rings (SSSR count). The van der Waals surface area contributed by atoms with Gasteiger partial charge in [-0.15, -0.1) is 0 Å². The van der Waals surface area contributed by atoms with Crippen LogP contribution in [0.5, 0.6) is 5.75 Å². The van der Waals surface area contributed by atoms with Crippen molar-refractivity contribution in [2.24, 2.45) is 0 Å². The van der Waals surface area contributed by atoms with Crippen molar-refractivity contribution in [2.45, 2.75) is 20.0 Å². The molecule has 0 aliphatic carbocycles. The summed E-state index contributed by atoms with van der Waals surface area (Å²) >= 11 is 0. The molecule has 30 heavy (non-hydrogen) atoms. The van der Waals surface area contributed by atoms with Crippen molar-refractivity contribution in [1.82, 2.24) is 4.90 Å². The second kappa shape index (κ2) is 11.9. The molecule has 0 aliphatic heterocycles. The predicted octanol–water partition coefficient (Wildman–Crippen LogP) is 3.85. The summed E-state index contributed by atoms with van der Waals surface area (Å²) in [5.41, 5.74) is 2.16. The van der Waals surface area contributed by atoms with Crippen molar-refractivity contribution < 1.29 is 23.8 Å². The molecule has 0 aliphatic rings. The van der Waals surface area contributed by atoms with Crippen LogP contribution in [0.3, 0.4) is 0 Å². The Hall–Kier alpha value is -3.79. The lowest BCUT2D eigenvalue weighted by molar-refractivity contribution is -0.141. The highest BCUT2D eigenvalue weighted by atomic mass is 16.6.